The molecule has 136 valence electrons. The molecule has 1 amide bonds. The number of hydrogen-bond donors (Lipinski definition) is 3. The Morgan fingerprint density at radius 2 is 1.63 bits per heavy atom. The van der Waals surface area contributed by atoms with Crippen molar-refractivity contribution in [3.05, 3.63) is 83.4 Å². The maximum Gasteiger partial charge on any atom is 0.337 e. The van der Waals surface area contributed by atoms with Crippen molar-refractivity contribution in [1.82, 2.24) is 0 Å². The van der Waals surface area contributed by atoms with Crippen molar-refractivity contribution in [3.8, 4) is 16.9 Å². The first-order chi connectivity index (χ1) is 13.0. The van der Waals surface area contributed by atoms with Gasteiger partial charge in [0.25, 0.3) is 5.91 Å². The summed E-state index contributed by atoms with van der Waals surface area (Å²) in [7, 11) is 0. The van der Waals surface area contributed by atoms with E-state index in [2.05, 4.69) is 21.2 Å². The average Bonchev–Trinajstić information content (AvgIpc) is 2.68. The Balaban J connectivity index is 2.00. The lowest BCUT2D eigenvalue weighted by Crippen LogP contribution is -2.15. The fourth-order valence-electron chi connectivity index (χ4n) is 2.68. The van der Waals surface area contributed by atoms with Crippen LogP contribution >= 0.6 is 15.9 Å². The molecule has 0 saturated heterocycles. The van der Waals surface area contributed by atoms with Gasteiger partial charge in [0, 0.05) is 5.33 Å². The highest BCUT2D eigenvalue weighted by Gasteiger charge is 2.17. The van der Waals surface area contributed by atoms with Gasteiger partial charge in [0.15, 0.2) is 0 Å². The van der Waals surface area contributed by atoms with Crippen LogP contribution in [0.1, 0.15) is 26.3 Å². The molecule has 0 fully saturated rings. The van der Waals surface area contributed by atoms with Crippen LogP contribution in [0.4, 0.5) is 5.69 Å². The zero-order chi connectivity index (χ0) is 19.4. The molecule has 0 aliphatic rings. The van der Waals surface area contributed by atoms with Gasteiger partial charge in [0.2, 0.25) is 0 Å². The van der Waals surface area contributed by atoms with Crippen molar-refractivity contribution in [2.75, 3.05) is 5.32 Å². The lowest BCUT2D eigenvalue weighted by molar-refractivity contribution is 0.0698. The molecular formula is C21H16BrNO4. The molecule has 0 radical (unpaired) electrons. The Morgan fingerprint density at radius 1 is 0.889 bits per heavy atom. The largest absolute Gasteiger partial charge is 0.507 e. The van der Waals surface area contributed by atoms with Gasteiger partial charge in [-0.15, -0.1) is 0 Å². The van der Waals surface area contributed by atoms with Gasteiger partial charge in [-0.3, -0.25) is 4.79 Å². The number of halogens is 1. The second-order valence-corrected chi connectivity index (χ2v) is 6.43. The van der Waals surface area contributed by atoms with Crippen molar-refractivity contribution < 1.29 is 19.8 Å². The lowest BCUT2D eigenvalue weighted by atomic mass is 10.0. The Hall–Kier alpha value is -3.12. The summed E-state index contributed by atoms with van der Waals surface area (Å²) in [5, 5.41) is 22.6. The second-order valence-electron chi connectivity index (χ2n) is 5.87. The number of phenolic OH excluding ortho intramolecular Hbond substituents is 1. The molecule has 3 rings (SSSR count). The van der Waals surface area contributed by atoms with Crippen molar-refractivity contribution in [1.29, 1.82) is 0 Å². The Bertz CT molecular complexity index is 1000. The van der Waals surface area contributed by atoms with E-state index in [4.69, 9.17) is 0 Å². The minimum absolute atomic E-state index is 0.0285. The van der Waals surface area contributed by atoms with Gasteiger partial charge in [-0.1, -0.05) is 58.4 Å². The molecule has 3 aromatic carbocycles. The second kappa shape index (κ2) is 8.05. The Kier molecular flexibility index (Phi) is 5.57. The fourth-order valence-corrected chi connectivity index (χ4v) is 3.03. The number of carboxylic acid groups (broad SMARTS) is 1. The summed E-state index contributed by atoms with van der Waals surface area (Å²) in [5.41, 5.74) is 2.70. The lowest BCUT2D eigenvalue weighted by Gasteiger charge is -2.12. The summed E-state index contributed by atoms with van der Waals surface area (Å²) in [6.45, 7) is 0. The third-order valence-corrected chi connectivity index (χ3v) is 4.71. The van der Waals surface area contributed by atoms with E-state index in [-0.39, 0.29) is 22.6 Å². The maximum absolute atomic E-state index is 12.6. The molecule has 0 atom stereocenters. The predicted molar refractivity (Wildman–Crippen MR) is 108 cm³/mol. The summed E-state index contributed by atoms with van der Waals surface area (Å²) in [6.07, 6.45) is 0. The summed E-state index contributed by atoms with van der Waals surface area (Å²) < 4.78 is 0. The Morgan fingerprint density at radius 3 is 2.30 bits per heavy atom. The van der Waals surface area contributed by atoms with Crippen LogP contribution in [0.25, 0.3) is 11.1 Å². The smallest absolute Gasteiger partial charge is 0.337 e. The van der Waals surface area contributed by atoms with Crippen LogP contribution in [-0.4, -0.2) is 22.1 Å². The van der Waals surface area contributed by atoms with E-state index < -0.39 is 11.9 Å². The molecule has 0 unspecified atom stereocenters. The van der Waals surface area contributed by atoms with E-state index in [0.717, 1.165) is 16.7 Å². The van der Waals surface area contributed by atoms with Gasteiger partial charge in [0.05, 0.1) is 16.8 Å². The third-order valence-electron chi connectivity index (χ3n) is 4.07. The molecule has 27 heavy (non-hydrogen) atoms. The maximum atomic E-state index is 12.6. The first-order valence-electron chi connectivity index (χ1n) is 8.11. The molecule has 3 aromatic rings. The van der Waals surface area contributed by atoms with Gasteiger partial charge in [-0.25, -0.2) is 4.79 Å². The van der Waals surface area contributed by atoms with E-state index in [0.29, 0.717) is 5.33 Å². The van der Waals surface area contributed by atoms with Crippen LogP contribution in [0.5, 0.6) is 5.75 Å². The molecule has 0 aromatic heterocycles. The highest BCUT2D eigenvalue weighted by Crippen LogP contribution is 2.27. The summed E-state index contributed by atoms with van der Waals surface area (Å²) in [4.78, 5) is 24.2. The van der Waals surface area contributed by atoms with Crippen LogP contribution in [0.2, 0.25) is 0 Å². The van der Waals surface area contributed by atoms with Crippen LogP contribution in [0.15, 0.2) is 66.7 Å². The SMILES string of the molecule is O=C(Nc1cc(-c2ccccc2)ccc1C(=O)O)c1cc(CBr)ccc1O. The fraction of sp³-hybridized carbons (Fsp3) is 0.0476. The van der Waals surface area contributed by atoms with E-state index >= 15 is 0 Å². The van der Waals surface area contributed by atoms with Crippen molar-refractivity contribution >= 4 is 33.5 Å². The predicted octanol–water partition coefficient (Wildman–Crippen LogP) is 4.90. The molecule has 6 heteroatoms. The number of carboxylic acids is 1. The van der Waals surface area contributed by atoms with Gasteiger partial charge >= 0.3 is 5.97 Å². The minimum atomic E-state index is -1.15. The number of aromatic carboxylic acids is 1. The molecule has 5 nitrogen and oxygen atoms in total. The number of hydrogen-bond acceptors (Lipinski definition) is 3. The highest BCUT2D eigenvalue weighted by atomic mass is 79.9. The van der Waals surface area contributed by atoms with E-state index in [1.54, 1.807) is 24.3 Å². The first-order valence-corrected chi connectivity index (χ1v) is 9.23. The third kappa shape index (κ3) is 4.17. The molecular weight excluding hydrogens is 410 g/mol. The topological polar surface area (TPSA) is 86.6 Å². The normalized spacial score (nSPS) is 10.4. The Labute approximate surface area is 164 Å². The first kappa shape index (κ1) is 18.7. The molecule has 0 spiro atoms. The van der Waals surface area contributed by atoms with E-state index in [9.17, 15) is 19.8 Å². The van der Waals surface area contributed by atoms with Gasteiger partial charge in [-0.2, -0.15) is 0 Å². The number of alkyl halides is 1. The number of benzene rings is 3. The molecule has 0 saturated carbocycles. The number of aromatic hydroxyl groups is 1. The molecule has 0 heterocycles. The molecule has 0 aliphatic heterocycles. The van der Waals surface area contributed by atoms with E-state index in [1.807, 2.05) is 30.3 Å². The number of rotatable bonds is 5. The number of anilines is 1. The summed E-state index contributed by atoms with van der Waals surface area (Å²) in [5.74, 6) is -1.90. The molecule has 0 bridgehead atoms. The van der Waals surface area contributed by atoms with Crippen LogP contribution < -0.4 is 5.32 Å². The average molecular weight is 426 g/mol. The summed E-state index contributed by atoms with van der Waals surface area (Å²) >= 11 is 3.31. The number of carbonyl (C=O) groups is 2. The highest BCUT2D eigenvalue weighted by molar-refractivity contribution is 9.08. The van der Waals surface area contributed by atoms with E-state index in [1.165, 1.54) is 12.1 Å². The standard InChI is InChI=1S/C21H16BrNO4/c22-12-13-6-9-19(24)17(10-13)20(25)23-18-11-15(7-8-16(18)21(26)27)14-4-2-1-3-5-14/h1-11,24H,12H2,(H,23,25)(H,26,27). The summed E-state index contributed by atoms with van der Waals surface area (Å²) in [6, 6.07) is 18.9. The zero-order valence-electron chi connectivity index (χ0n) is 14.1. The van der Waals surface area contributed by atoms with Gasteiger partial charge in [-0.05, 0) is 41.0 Å². The van der Waals surface area contributed by atoms with Crippen LogP contribution in [-0.2, 0) is 5.33 Å². The van der Waals surface area contributed by atoms with Crippen molar-refractivity contribution in [3.63, 3.8) is 0 Å². The number of amides is 1. The number of phenols is 1. The van der Waals surface area contributed by atoms with Crippen LogP contribution in [0.3, 0.4) is 0 Å². The molecule has 3 N–H and O–H groups in total. The van der Waals surface area contributed by atoms with Gasteiger partial charge in [0.1, 0.15) is 5.75 Å². The number of nitrogens with one attached hydrogen (secondary N) is 1. The van der Waals surface area contributed by atoms with Crippen LogP contribution in [0, 0.1) is 0 Å². The quantitative estimate of drug-likeness (QED) is 0.507. The zero-order valence-corrected chi connectivity index (χ0v) is 15.7. The van der Waals surface area contributed by atoms with Crippen molar-refractivity contribution in [2.24, 2.45) is 0 Å². The monoisotopic (exact) mass is 425 g/mol. The molecule has 0 aliphatic carbocycles. The van der Waals surface area contributed by atoms with Gasteiger partial charge < -0.3 is 15.5 Å². The number of carbonyl (C=O) groups excluding carboxylic acids is 1. The van der Waals surface area contributed by atoms with Crippen molar-refractivity contribution in [2.45, 2.75) is 5.33 Å². The minimum Gasteiger partial charge on any atom is -0.507 e.